The maximum Gasteiger partial charge on any atom is 0.248 e. The third kappa shape index (κ3) is 5.72. The van der Waals surface area contributed by atoms with E-state index in [9.17, 15) is 18.4 Å². The fraction of sp³-hybridized carbons (Fsp3) is 0.107. The van der Waals surface area contributed by atoms with E-state index < -0.39 is 29.5 Å². The number of fused-ring (bicyclic) bond motifs is 1. The normalized spacial score (nSPS) is 11.8. The van der Waals surface area contributed by atoms with Crippen molar-refractivity contribution in [2.45, 2.75) is 19.0 Å². The first-order valence-corrected chi connectivity index (χ1v) is 11.9. The number of hydrogen-bond acceptors (Lipinski definition) is 6. The second kappa shape index (κ2) is 10.7. The summed E-state index contributed by atoms with van der Waals surface area (Å²) in [7, 11) is 0. The Bertz CT molecular complexity index is 1680. The van der Waals surface area contributed by atoms with Crippen LogP contribution in [0.3, 0.4) is 0 Å². The Morgan fingerprint density at radius 3 is 2.56 bits per heavy atom. The molecule has 3 heterocycles. The number of primary amides is 1. The van der Waals surface area contributed by atoms with Crippen molar-refractivity contribution in [1.29, 1.82) is 0 Å². The van der Waals surface area contributed by atoms with Crippen LogP contribution in [0.25, 0.3) is 22.2 Å². The molecular weight excluding hydrogens is 504 g/mol. The smallest absolute Gasteiger partial charge is 0.248 e. The van der Waals surface area contributed by atoms with E-state index in [1.807, 2.05) is 0 Å². The molecule has 9 nitrogen and oxygen atoms in total. The summed E-state index contributed by atoms with van der Waals surface area (Å²) in [5.41, 5.74) is 14.0. The molecule has 5 N–H and O–H groups in total. The monoisotopic (exact) mass is 527 g/mol. The van der Waals surface area contributed by atoms with Crippen LogP contribution in [0, 0.1) is 11.6 Å². The number of amides is 2. The summed E-state index contributed by atoms with van der Waals surface area (Å²) in [6, 6.07) is 14.4. The summed E-state index contributed by atoms with van der Waals surface area (Å²) in [6.45, 7) is -0.104. The van der Waals surface area contributed by atoms with Crippen molar-refractivity contribution < 1.29 is 18.4 Å². The molecule has 0 fully saturated rings. The van der Waals surface area contributed by atoms with Crippen molar-refractivity contribution in [3.8, 4) is 11.1 Å². The van der Waals surface area contributed by atoms with Gasteiger partial charge in [-0.3, -0.25) is 14.6 Å². The lowest BCUT2D eigenvalue weighted by Gasteiger charge is -2.22. The van der Waals surface area contributed by atoms with Gasteiger partial charge in [-0.15, -0.1) is 0 Å². The van der Waals surface area contributed by atoms with Crippen LogP contribution in [0.15, 0.2) is 79.3 Å². The molecule has 2 aromatic carbocycles. The van der Waals surface area contributed by atoms with Gasteiger partial charge in [0.15, 0.2) is 0 Å². The number of nitrogens with zero attached hydrogens (tertiary/aromatic N) is 4. The van der Waals surface area contributed by atoms with Crippen LogP contribution in [0.4, 0.5) is 14.7 Å². The average molecular weight is 528 g/mol. The zero-order valence-corrected chi connectivity index (χ0v) is 20.5. The number of pyridine rings is 1. The first kappa shape index (κ1) is 25.5. The number of nitrogen functional groups attached to an aromatic ring is 1. The molecule has 11 heteroatoms. The third-order valence-corrected chi connectivity index (χ3v) is 6.16. The van der Waals surface area contributed by atoms with E-state index in [1.165, 1.54) is 12.1 Å². The standard InChI is InChI=1S/C28H23F2N7O2/c29-20-9-16(10-21(30)13-20)11-23(35-24(38)15-37-8-6-19-14-34-28(32)36-27(19)37)25-22(5-2-7-33-25)17-3-1-4-18(12-17)26(31)39/h1-10,12-14,23H,11,15H2,(H2,31,39)(H,35,38)(H2,32,34,36). The topological polar surface area (TPSA) is 142 Å². The first-order chi connectivity index (χ1) is 18.8. The molecule has 5 rings (SSSR count). The number of carbonyl (C=O) groups excluding carboxylic acids is 2. The SMILES string of the molecule is NC(=O)c1cccc(-c2cccnc2C(Cc2cc(F)cc(F)c2)NC(=O)Cn2ccc3cnc(N)nc32)c1. The highest BCUT2D eigenvalue weighted by Crippen LogP contribution is 2.30. The van der Waals surface area contributed by atoms with E-state index in [2.05, 4.69) is 20.3 Å². The van der Waals surface area contributed by atoms with Gasteiger partial charge < -0.3 is 21.4 Å². The van der Waals surface area contributed by atoms with E-state index in [1.54, 1.807) is 65.6 Å². The molecular formula is C28H23F2N7O2. The molecule has 0 saturated carbocycles. The van der Waals surface area contributed by atoms with E-state index in [0.717, 1.165) is 6.07 Å². The van der Waals surface area contributed by atoms with Gasteiger partial charge in [0.05, 0.1) is 11.7 Å². The molecule has 0 aliphatic heterocycles. The van der Waals surface area contributed by atoms with Crippen LogP contribution in [-0.2, 0) is 17.8 Å². The Hall–Kier alpha value is -5.19. The molecule has 0 bridgehead atoms. The van der Waals surface area contributed by atoms with Crippen molar-refractivity contribution in [1.82, 2.24) is 24.8 Å². The number of carbonyl (C=O) groups is 2. The highest BCUT2D eigenvalue weighted by atomic mass is 19.1. The summed E-state index contributed by atoms with van der Waals surface area (Å²) in [4.78, 5) is 37.8. The van der Waals surface area contributed by atoms with E-state index in [4.69, 9.17) is 11.5 Å². The van der Waals surface area contributed by atoms with Crippen molar-refractivity contribution >= 4 is 28.8 Å². The van der Waals surface area contributed by atoms with Gasteiger partial charge in [0, 0.05) is 41.2 Å². The molecule has 1 unspecified atom stereocenters. The van der Waals surface area contributed by atoms with Gasteiger partial charge in [0.2, 0.25) is 17.8 Å². The minimum atomic E-state index is -0.784. The van der Waals surface area contributed by atoms with Gasteiger partial charge in [-0.25, -0.2) is 13.8 Å². The highest BCUT2D eigenvalue weighted by molar-refractivity contribution is 5.94. The Labute approximate surface area is 221 Å². The number of aromatic nitrogens is 4. The number of nitrogens with one attached hydrogen (secondary N) is 1. The summed E-state index contributed by atoms with van der Waals surface area (Å²) in [5.74, 6) is -2.38. The van der Waals surface area contributed by atoms with Gasteiger partial charge in [-0.1, -0.05) is 18.2 Å². The van der Waals surface area contributed by atoms with E-state index in [-0.39, 0.29) is 18.9 Å². The third-order valence-electron chi connectivity index (χ3n) is 6.16. The fourth-order valence-electron chi connectivity index (χ4n) is 4.47. The predicted octanol–water partition coefficient (Wildman–Crippen LogP) is 3.55. The summed E-state index contributed by atoms with van der Waals surface area (Å²) in [5, 5.41) is 3.67. The summed E-state index contributed by atoms with van der Waals surface area (Å²) < 4.78 is 29.7. The van der Waals surface area contributed by atoms with Crippen molar-refractivity contribution in [2.75, 3.05) is 5.73 Å². The molecule has 39 heavy (non-hydrogen) atoms. The average Bonchev–Trinajstić information content (AvgIpc) is 3.29. The van der Waals surface area contributed by atoms with Crippen molar-refractivity contribution in [3.05, 3.63) is 108 Å². The summed E-state index contributed by atoms with van der Waals surface area (Å²) >= 11 is 0. The molecule has 1 atom stereocenters. The number of anilines is 1. The second-order valence-corrected chi connectivity index (χ2v) is 8.93. The van der Waals surface area contributed by atoms with Crippen LogP contribution < -0.4 is 16.8 Å². The lowest BCUT2D eigenvalue weighted by molar-refractivity contribution is -0.122. The molecule has 3 aromatic heterocycles. The summed E-state index contributed by atoms with van der Waals surface area (Å²) in [6.07, 6.45) is 4.85. The largest absolute Gasteiger partial charge is 0.368 e. The van der Waals surface area contributed by atoms with Crippen LogP contribution >= 0.6 is 0 Å². The van der Waals surface area contributed by atoms with Crippen LogP contribution in [0.1, 0.15) is 27.7 Å². The fourth-order valence-corrected chi connectivity index (χ4v) is 4.47. The Kier molecular flexibility index (Phi) is 6.96. The van der Waals surface area contributed by atoms with Gasteiger partial charge >= 0.3 is 0 Å². The van der Waals surface area contributed by atoms with E-state index >= 15 is 0 Å². The molecule has 0 radical (unpaired) electrons. The van der Waals surface area contributed by atoms with Gasteiger partial charge in [-0.2, -0.15) is 4.98 Å². The predicted molar refractivity (Wildman–Crippen MR) is 141 cm³/mol. The minimum absolute atomic E-state index is 0.0431. The molecule has 0 aliphatic rings. The maximum atomic E-state index is 14.0. The second-order valence-electron chi connectivity index (χ2n) is 8.93. The van der Waals surface area contributed by atoms with Crippen LogP contribution in [0.2, 0.25) is 0 Å². The van der Waals surface area contributed by atoms with E-state index in [0.29, 0.717) is 39.0 Å². The highest BCUT2D eigenvalue weighted by Gasteiger charge is 2.22. The van der Waals surface area contributed by atoms with Gasteiger partial charge in [0.1, 0.15) is 23.8 Å². The molecule has 0 saturated heterocycles. The minimum Gasteiger partial charge on any atom is -0.368 e. The maximum absolute atomic E-state index is 14.0. The Balaban J connectivity index is 1.52. The molecule has 5 aromatic rings. The number of rotatable bonds is 8. The van der Waals surface area contributed by atoms with Crippen molar-refractivity contribution in [3.63, 3.8) is 0 Å². The molecule has 0 spiro atoms. The Morgan fingerprint density at radius 2 is 1.79 bits per heavy atom. The molecule has 0 aliphatic carbocycles. The lowest BCUT2D eigenvalue weighted by Crippen LogP contribution is -2.33. The first-order valence-electron chi connectivity index (χ1n) is 11.9. The van der Waals surface area contributed by atoms with Gasteiger partial charge in [-0.05, 0) is 53.9 Å². The van der Waals surface area contributed by atoms with Crippen LogP contribution in [-0.4, -0.2) is 31.3 Å². The number of benzene rings is 2. The van der Waals surface area contributed by atoms with Crippen molar-refractivity contribution in [2.24, 2.45) is 5.73 Å². The molecule has 196 valence electrons. The lowest BCUT2D eigenvalue weighted by atomic mass is 9.94. The zero-order chi connectivity index (χ0) is 27.5. The van der Waals surface area contributed by atoms with Gasteiger partial charge in [0.25, 0.3) is 0 Å². The number of nitrogens with two attached hydrogens (primary N) is 2. The number of hydrogen-bond donors (Lipinski definition) is 3. The van der Waals surface area contributed by atoms with Crippen LogP contribution in [0.5, 0.6) is 0 Å². The Morgan fingerprint density at radius 1 is 1.00 bits per heavy atom. The quantitative estimate of drug-likeness (QED) is 0.282. The zero-order valence-electron chi connectivity index (χ0n) is 20.5. The number of halogens is 2. The molecule has 2 amide bonds.